The maximum absolute atomic E-state index is 12.9. The third-order valence-electron chi connectivity index (χ3n) is 9.15. The van der Waals surface area contributed by atoms with Crippen LogP contribution in [-0.4, -0.2) is 113 Å². The molecule has 0 bridgehead atoms. The largest absolute Gasteiger partial charge is 0.457 e. The fourth-order valence-corrected chi connectivity index (χ4v) is 5.69. The summed E-state index contributed by atoms with van der Waals surface area (Å²) in [5.74, 6) is -1.49. The quantitative estimate of drug-likeness (QED) is 0.106. The van der Waals surface area contributed by atoms with Crippen LogP contribution in [0.25, 0.3) is 0 Å². The topological polar surface area (TPSA) is 158 Å². The molecule has 0 saturated heterocycles. The maximum Gasteiger partial charge on any atom is 0.410 e. The lowest BCUT2D eigenvalue weighted by Crippen LogP contribution is -2.46. The lowest BCUT2D eigenvalue weighted by molar-refractivity contribution is -0.151. The standard InChI is InChI=1S/C35H62N2O9/c1-11-28(39)26(5)31(41)25(4)22-34(6,43)17-12-13-23(2)32-24(3)14-15-29(45-33(42)37(9)20-19-36-8)35(7,44-10)18-16-27(38)21-30(40)46-32/h12-15,17,24-29,31-32,36,38-39,41,43H,11,16,18-22H2,1-10H3/b15-14+,17-12+,23-13+/t24-,25+,26+,27+,28-,29-,31-,32+,34-,35+/m0/s1. The van der Waals surface area contributed by atoms with E-state index < -0.39 is 53.8 Å². The number of carbonyl (C=O) groups excluding carboxylic acids is 2. The van der Waals surface area contributed by atoms with Crippen molar-refractivity contribution in [1.29, 1.82) is 0 Å². The minimum atomic E-state index is -1.24. The molecule has 5 N–H and O–H groups in total. The molecule has 0 spiro atoms. The van der Waals surface area contributed by atoms with Gasteiger partial charge in [0.1, 0.15) is 11.7 Å². The third-order valence-corrected chi connectivity index (χ3v) is 9.15. The van der Waals surface area contributed by atoms with Gasteiger partial charge in [-0.05, 0) is 71.1 Å². The molecule has 1 aliphatic heterocycles. The van der Waals surface area contributed by atoms with E-state index in [-0.39, 0.29) is 37.0 Å². The van der Waals surface area contributed by atoms with Crippen molar-refractivity contribution < 1.29 is 44.2 Å². The number of rotatable bonds is 14. The average Bonchev–Trinajstić information content (AvgIpc) is 3.00. The highest BCUT2D eigenvalue weighted by Gasteiger charge is 2.38. The van der Waals surface area contributed by atoms with E-state index in [1.54, 1.807) is 52.2 Å². The van der Waals surface area contributed by atoms with E-state index in [0.717, 1.165) is 0 Å². The molecule has 1 amide bonds. The molecule has 0 aromatic heterocycles. The zero-order valence-corrected chi connectivity index (χ0v) is 29.7. The van der Waals surface area contributed by atoms with E-state index in [0.29, 0.717) is 31.5 Å². The number of aliphatic hydroxyl groups excluding tert-OH is 3. The summed E-state index contributed by atoms with van der Waals surface area (Å²) >= 11 is 0. The average molecular weight is 655 g/mol. The van der Waals surface area contributed by atoms with Crippen LogP contribution in [0.1, 0.15) is 80.6 Å². The fourth-order valence-electron chi connectivity index (χ4n) is 5.69. The number of methoxy groups -OCH3 is 1. The van der Waals surface area contributed by atoms with Crippen LogP contribution in [0.4, 0.5) is 4.79 Å². The minimum absolute atomic E-state index is 0.201. The molecule has 0 saturated carbocycles. The first-order chi connectivity index (χ1) is 21.4. The molecule has 0 fully saturated rings. The van der Waals surface area contributed by atoms with E-state index in [1.807, 2.05) is 40.7 Å². The second-order valence-corrected chi connectivity index (χ2v) is 13.5. The van der Waals surface area contributed by atoms with Gasteiger partial charge in [0.15, 0.2) is 6.10 Å². The molecule has 0 aliphatic carbocycles. The molecule has 0 unspecified atom stereocenters. The number of nitrogens with one attached hydrogen (secondary N) is 1. The summed E-state index contributed by atoms with van der Waals surface area (Å²) in [7, 11) is 4.99. The highest BCUT2D eigenvalue weighted by atomic mass is 16.6. The van der Waals surface area contributed by atoms with Gasteiger partial charge in [-0.3, -0.25) is 4.79 Å². The Morgan fingerprint density at radius 3 is 2.54 bits per heavy atom. The van der Waals surface area contributed by atoms with Crippen molar-refractivity contribution in [3.8, 4) is 0 Å². The first-order valence-electron chi connectivity index (χ1n) is 16.5. The van der Waals surface area contributed by atoms with Crippen molar-refractivity contribution in [2.75, 3.05) is 34.3 Å². The Hall–Kier alpha value is -2.28. The Bertz CT molecular complexity index is 1030. The number of ether oxygens (including phenoxy) is 3. The van der Waals surface area contributed by atoms with Crippen LogP contribution in [-0.2, 0) is 19.0 Å². The summed E-state index contributed by atoms with van der Waals surface area (Å²) in [5, 5.41) is 45.6. The van der Waals surface area contributed by atoms with Gasteiger partial charge in [-0.2, -0.15) is 0 Å². The van der Waals surface area contributed by atoms with Crippen molar-refractivity contribution in [2.24, 2.45) is 17.8 Å². The van der Waals surface area contributed by atoms with Gasteiger partial charge in [0, 0.05) is 39.1 Å². The number of hydrogen-bond acceptors (Lipinski definition) is 10. The number of esters is 1. The molecule has 1 rings (SSSR count). The fraction of sp³-hybridized carbons (Fsp3) is 0.771. The van der Waals surface area contributed by atoms with Crippen LogP contribution in [0.5, 0.6) is 0 Å². The van der Waals surface area contributed by atoms with Crippen molar-refractivity contribution in [3.63, 3.8) is 0 Å². The van der Waals surface area contributed by atoms with Crippen LogP contribution in [0.15, 0.2) is 36.0 Å². The SMILES string of the molecule is CC[C@H](O)[C@@H](C)[C@@H](O)[C@H](C)C[C@@](C)(O)/C=C/C=C(\C)[C@H]1OC(=O)C[C@H](O)CC[C@@](C)(OC)[C@@H](OC(=O)N(C)CCNC)/C=C/[C@@H]1C. The van der Waals surface area contributed by atoms with E-state index in [4.69, 9.17) is 14.2 Å². The minimum Gasteiger partial charge on any atom is -0.457 e. The number of hydrogen-bond donors (Lipinski definition) is 5. The van der Waals surface area contributed by atoms with E-state index >= 15 is 0 Å². The second-order valence-electron chi connectivity index (χ2n) is 13.5. The van der Waals surface area contributed by atoms with Crippen LogP contribution in [0, 0.1) is 17.8 Å². The third kappa shape index (κ3) is 13.4. The number of likely N-dealkylation sites (N-methyl/N-ethyl adjacent to an activating group) is 2. The lowest BCUT2D eigenvalue weighted by atomic mass is 9.82. The first-order valence-corrected chi connectivity index (χ1v) is 16.5. The number of amides is 1. The van der Waals surface area contributed by atoms with Crippen molar-refractivity contribution in [2.45, 2.75) is 122 Å². The molecule has 0 aromatic carbocycles. The van der Waals surface area contributed by atoms with Gasteiger partial charge >= 0.3 is 12.1 Å². The number of nitrogens with zero attached hydrogens (tertiary/aromatic N) is 1. The van der Waals surface area contributed by atoms with Gasteiger partial charge in [0.05, 0.1) is 30.3 Å². The summed E-state index contributed by atoms with van der Waals surface area (Å²) < 4.78 is 17.6. The van der Waals surface area contributed by atoms with Gasteiger partial charge in [0.2, 0.25) is 0 Å². The zero-order valence-electron chi connectivity index (χ0n) is 29.7. The zero-order chi connectivity index (χ0) is 35.2. The molecule has 11 heteroatoms. The van der Waals surface area contributed by atoms with Crippen LogP contribution >= 0.6 is 0 Å². The van der Waals surface area contributed by atoms with E-state index in [2.05, 4.69) is 5.32 Å². The van der Waals surface area contributed by atoms with E-state index in [9.17, 15) is 30.0 Å². The Kier molecular flexibility index (Phi) is 17.7. The second kappa shape index (κ2) is 19.5. The molecule has 266 valence electrons. The summed E-state index contributed by atoms with van der Waals surface area (Å²) in [4.78, 5) is 27.3. The maximum atomic E-state index is 12.9. The molecular weight excluding hydrogens is 592 g/mol. The Balaban J connectivity index is 3.28. The van der Waals surface area contributed by atoms with Crippen LogP contribution in [0.3, 0.4) is 0 Å². The predicted octanol–water partition coefficient (Wildman–Crippen LogP) is 3.74. The highest BCUT2D eigenvalue weighted by molar-refractivity contribution is 5.70. The van der Waals surface area contributed by atoms with Crippen molar-refractivity contribution in [1.82, 2.24) is 10.2 Å². The Morgan fingerprint density at radius 1 is 1.30 bits per heavy atom. The van der Waals surface area contributed by atoms with Crippen molar-refractivity contribution >= 4 is 12.1 Å². The van der Waals surface area contributed by atoms with E-state index in [1.165, 1.54) is 12.0 Å². The monoisotopic (exact) mass is 654 g/mol. The molecule has 0 radical (unpaired) electrons. The molecule has 1 aliphatic rings. The molecule has 10 atom stereocenters. The van der Waals surface area contributed by atoms with Crippen molar-refractivity contribution in [3.05, 3.63) is 36.0 Å². The lowest BCUT2D eigenvalue weighted by Gasteiger charge is -2.36. The molecule has 1 heterocycles. The Labute approximate surface area is 276 Å². The van der Waals surface area contributed by atoms with Crippen LogP contribution < -0.4 is 5.32 Å². The predicted molar refractivity (Wildman–Crippen MR) is 179 cm³/mol. The number of allylic oxidation sites excluding steroid dienone is 2. The molecule has 46 heavy (non-hydrogen) atoms. The normalized spacial score (nSPS) is 29.8. The number of carbonyl (C=O) groups is 2. The summed E-state index contributed by atoms with van der Waals surface area (Å²) in [6.07, 6.45) is 5.47. The molecular formula is C35H62N2O9. The Morgan fingerprint density at radius 2 is 1.96 bits per heavy atom. The summed E-state index contributed by atoms with van der Waals surface area (Å²) in [6, 6.07) is 0. The van der Waals surface area contributed by atoms with Gasteiger partial charge in [-0.15, -0.1) is 0 Å². The first kappa shape index (κ1) is 41.7. The van der Waals surface area contributed by atoms with Gasteiger partial charge < -0.3 is 44.9 Å². The summed E-state index contributed by atoms with van der Waals surface area (Å²) in [6.45, 7) is 13.7. The van der Waals surface area contributed by atoms with Gasteiger partial charge in [-0.1, -0.05) is 52.0 Å². The smallest absolute Gasteiger partial charge is 0.410 e. The van der Waals surface area contributed by atoms with Gasteiger partial charge in [-0.25, -0.2) is 4.79 Å². The van der Waals surface area contributed by atoms with Gasteiger partial charge in [0.25, 0.3) is 0 Å². The number of aliphatic hydroxyl groups is 4. The molecule has 0 aromatic rings. The highest BCUT2D eigenvalue weighted by Crippen LogP contribution is 2.30. The molecule has 11 nitrogen and oxygen atoms in total. The number of cyclic esters (lactones) is 1. The van der Waals surface area contributed by atoms with Crippen LogP contribution in [0.2, 0.25) is 0 Å². The summed E-state index contributed by atoms with van der Waals surface area (Å²) in [5.41, 5.74) is -1.51.